The van der Waals surface area contributed by atoms with Gasteiger partial charge in [0.1, 0.15) is 0 Å². The van der Waals surface area contributed by atoms with E-state index in [1.54, 1.807) is 12.3 Å². The fraction of sp³-hybridized carbons (Fsp3) is 0.500. The highest BCUT2D eigenvalue weighted by Gasteiger charge is 2.14. The Labute approximate surface area is 69.5 Å². The number of aliphatic imine (C=N–C) groups is 1. The van der Waals surface area contributed by atoms with Crippen LogP contribution in [0.4, 0.5) is 0 Å². The van der Waals surface area contributed by atoms with Gasteiger partial charge in [0.25, 0.3) is 0 Å². The first-order valence-corrected chi connectivity index (χ1v) is 3.84. The lowest BCUT2D eigenvalue weighted by Crippen LogP contribution is -2.07. The average molecular weight is 151 g/mol. The Balaban J connectivity index is 4.45. The predicted molar refractivity (Wildman–Crippen MR) is 51.9 cm³/mol. The predicted octanol–water partition coefficient (Wildman–Crippen LogP) is 3.19. The molecule has 0 radical (unpaired) electrons. The minimum Gasteiger partial charge on any atom is -0.261 e. The lowest BCUT2D eigenvalue weighted by atomic mass is 9.92. The van der Waals surface area contributed by atoms with Crippen LogP contribution in [0.3, 0.4) is 0 Å². The van der Waals surface area contributed by atoms with Gasteiger partial charge in [0.2, 0.25) is 0 Å². The molecule has 0 spiro atoms. The second kappa shape index (κ2) is 4.12. The molecule has 11 heavy (non-hydrogen) atoms. The topological polar surface area (TPSA) is 12.4 Å². The molecular weight excluding hydrogens is 134 g/mol. The molecule has 0 aliphatic heterocycles. The number of hydrogen-bond donors (Lipinski definition) is 0. The molecule has 0 heterocycles. The normalized spacial score (nSPS) is 14.0. The maximum Gasteiger partial charge on any atom is 0.0414 e. The average Bonchev–Trinajstić information content (AvgIpc) is 1.87. The van der Waals surface area contributed by atoms with Crippen molar-refractivity contribution in [1.29, 1.82) is 0 Å². The number of hydrogen-bond acceptors (Lipinski definition) is 1. The third kappa shape index (κ3) is 3.76. The third-order valence-electron chi connectivity index (χ3n) is 1.36. The van der Waals surface area contributed by atoms with Gasteiger partial charge in [-0.2, -0.15) is 0 Å². The van der Waals surface area contributed by atoms with E-state index in [9.17, 15) is 0 Å². The lowest BCUT2D eigenvalue weighted by Gasteiger charge is -2.18. The van der Waals surface area contributed by atoms with Crippen molar-refractivity contribution in [1.82, 2.24) is 0 Å². The van der Waals surface area contributed by atoms with Crippen LogP contribution >= 0.6 is 0 Å². The minimum atomic E-state index is 0.133. The van der Waals surface area contributed by atoms with E-state index in [1.807, 2.05) is 13.0 Å². The van der Waals surface area contributed by atoms with E-state index in [1.165, 1.54) is 0 Å². The zero-order valence-corrected chi connectivity index (χ0v) is 7.89. The summed E-state index contributed by atoms with van der Waals surface area (Å²) in [4.78, 5) is 4.25. The van der Waals surface area contributed by atoms with Crippen molar-refractivity contribution in [2.75, 3.05) is 0 Å². The largest absolute Gasteiger partial charge is 0.261 e. The smallest absolute Gasteiger partial charge is 0.0414 e. The van der Waals surface area contributed by atoms with Crippen LogP contribution in [0.1, 0.15) is 27.7 Å². The summed E-state index contributed by atoms with van der Waals surface area (Å²) in [6.07, 6.45) is 5.44. The molecule has 0 saturated carbocycles. The van der Waals surface area contributed by atoms with Crippen LogP contribution in [0.15, 0.2) is 29.4 Å². The maximum atomic E-state index is 4.25. The molecule has 0 amide bonds. The van der Waals surface area contributed by atoms with Crippen LogP contribution < -0.4 is 0 Å². The van der Waals surface area contributed by atoms with E-state index in [2.05, 4.69) is 32.3 Å². The number of allylic oxidation sites excluding steroid dienone is 3. The maximum absolute atomic E-state index is 4.25. The zero-order valence-electron chi connectivity index (χ0n) is 7.89. The molecule has 1 nitrogen and oxygen atoms in total. The monoisotopic (exact) mass is 151 g/mol. The summed E-state index contributed by atoms with van der Waals surface area (Å²) >= 11 is 0. The highest BCUT2D eigenvalue weighted by Crippen LogP contribution is 2.25. The molecule has 0 aromatic carbocycles. The molecule has 0 unspecified atom stereocenters. The second-order valence-corrected chi connectivity index (χ2v) is 3.44. The van der Waals surface area contributed by atoms with Gasteiger partial charge < -0.3 is 0 Å². The molecule has 62 valence electrons. The first-order chi connectivity index (χ1) is 5.02. The van der Waals surface area contributed by atoms with Gasteiger partial charge in [0.15, 0.2) is 0 Å². The minimum absolute atomic E-state index is 0.133. The van der Waals surface area contributed by atoms with Crippen LogP contribution in [0.25, 0.3) is 0 Å². The summed E-state index contributed by atoms with van der Waals surface area (Å²) in [5.41, 5.74) is 1.23. The summed E-state index contributed by atoms with van der Waals surface area (Å²) in [6.45, 7) is 12.0. The summed E-state index contributed by atoms with van der Waals surface area (Å²) < 4.78 is 0. The van der Waals surface area contributed by atoms with E-state index in [-0.39, 0.29) is 5.41 Å². The first-order valence-electron chi connectivity index (χ1n) is 3.84. The summed E-state index contributed by atoms with van der Waals surface area (Å²) in [5, 5.41) is 0. The quantitative estimate of drug-likeness (QED) is 0.537. The van der Waals surface area contributed by atoms with E-state index in [0.29, 0.717) is 0 Å². The molecule has 0 aromatic heterocycles. The van der Waals surface area contributed by atoms with Gasteiger partial charge in [-0.25, -0.2) is 0 Å². The van der Waals surface area contributed by atoms with Gasteiger partial charge in [-0.15, -0.1) is 0 Å². The van der Waals surface area contributed by atoms with Crippen molar-refractivity contribution < 1.29 is 0 Å². The van der Waals surface area contributed by atoms with Gasteiger partial charge in [-0.3, -0.25) is 4.99 Å². The van der Waals surface area contributed by atoms with Gasteiger partial charge in [-0.05, 0) is 6.92 Å². The van der Waals surface area contributed by atoms with E-state index >= 15 is 0 Å². The fourth-order valence-corrected chi connectivity index (χ4v) is 0.834. The molecule has 0 bridgehead atoms. The Morgan fingerprint density at radius 2 is 1.91 bits per heavy atom. The molecule has 0 aliphatic carbocycles. The summed E-state index contributed by atoms with van der Waals surface area (Å²) in [5.74, 6) is 0. The fourth-order valence-electron chi connectivity index (χ4n) is 0.834. The number of rotatable bonds is 2. The summed E-state index contributed by atoms with van der Waals surface area (Å²) in [7, 11) is 0. The standard InChI is InChI=1S/C10H17N/c1-6-8-11-9(7-2)10(3,4)5/h6-8H,1H2,2-5H3/b9-7-,11-8-. The lowest BCUT2D eigenvalue weighted by molar-refractivity contribution is 0.498. The van der Waals surface area contributed by atoms with Crippen LogP contribution in [0.5, 0.6) is 0 Å². The Kier molecular flexibility index (Phi) is 3.80. The van der Waals surface area contributed by atoms with Crippen molar-refractivity contribution in [3.63, 3.8) is 0 Å². The Morgan fingerprint density at radius 1 is 1.36 bits per heavy atom. The Bertz CT molecular complexity index is 180. The second-order valence-electron chi connectivity index (χ2n) is 3.44. The molecule has 0 rings (SSSR count). The van der Waals surface area contributed by atoms with Gasteiger partial charge in [0, 0.05) is 17.3 Å². The van der Waals surface area contributed by atoms with E-state index < -0.39 is 0 Å². The van der Waals surface area contributed by atoms with Crippen LogP contribution in [0, 0.1) is 5.41 Å². The van der Waals surface area contributed by atoms with Crippen molar-refractivity contribution in [2.45, 2.75) is 27.7 Å². The molecular formula is C10H17N. The third-order valence-corrected chi connectivity index (χ3v) is 1.36. The molecule has 0 aliphatic rings. The molecule has 0 atom stereocenters. The van der Waals surface area contributed by atoms with Crippen molar-refractivity contribution >= 4 is 6.21 Å². The zero-order chi connectivity index (χ0) is 8.91. The van der Waals surface area contributed by atoms with E-state index in [0.717, 1.165) is 5.70 Å². The van der Waals surface area contributed by atoms with Crippen LogP contribution in [0.2, 0.25) is 0 Å². The van der Waals surface area contributed by atoms with Gasteiger partial charge in [0.05, 0.1) is 0 Å². The van der Waals surface area contributed by atoms with Crippen molar-refractivity contribution in [3.05, 3.63) is 24.4 Å². The molecule has 0 N–H and O–H groups in total. The van der Waals surface area contributed by atoms with Crippen LogP contribution in [-0.4, -0.2) is 6.21 Å². The Hall–Kier alpha value is -0.850. The molecule has 0 fully saturated rings. The highest BCUT2D eigenvalue weighted by atomic mass is 14.7. The number of nitrogens with zero attached hydrogens (tertiary/aromatic N) is 1. The van der Waals surface area contributed by atoms with E-state index in [4.69, 9.17) is 0 Å². The summed E-state index contributed by atoms with van der Waals surface area (Å²) in [6, 6.07) is 0. The SMILES string of the molecule is C=C/C=N\C(=C/C)C(C)(C)C. The highest BCUT2D eigenvalue weighted by molar-refractivity contribution is 5.71. The van der Waals surface area contributed by atoms with Crippen molar-refractivity contribution in [2.24, 2.45) is 10.4 Å². The van der Waals surface area contributed by atoms with Gasteiger partial charge in [-0.1, -0.05) is 39.5 Å². The Morgan fingerprint density at radius 3 is 2.18 bits per heavy atom. The van der Waals surface area contributed by atoms with Crippen LogP contribution in [-0.2, 0) is 0 Å². The molecule has 0 saturated heterocycles. The first kappa shape index (κ1) is 10.2. The molecule has 0 aromatic rings. The van der Waals surface area contributed by atoms with Gasteiger partial charge >= 0.3 is 0 Å². The molecule has 1 heteroatoms. The van der Waals surface area contributed by atoms with Crippen molar-refractivity contribution in [3.8, 4) is 0 Å².